The summed E-state index contributed by atoms with van der Waals surface area (Å²) in [4.78, 5) is 12.0. The van der Waals surface area contributed by atoms with E-state index < -0.39 is 0 Å². The Labute approximate surface area is 138 Å². The first-order valence-electron chi connectivity index (χ1n) is 6.41. The number of carbonyl (C=O) groups excluding carboxylic acids is 1. The van der Waals surface area contributed by atoms with Crippen LogP contribution in [0.4, 0.5) is 0 Å². The number of halogens is 2. The zero-order chi connectivity index (χ0) is 14.5. The molecule has 1 heterocycles. The molecule has 1 aromatic heterocycles. The minimum atomic E-state index is -0.141. The predicted molar refractivity (Wildman–Crippen MR) is 88.6 cm³/mol. The van der Waals surface area contributed by atoms with Gasteiger partial charge in [0.2, 0.25) is 0 Å². The monoisotopic (exact) mass is 372 g/mol. The number of furan rings is 1. The quantitative estimate of drug-likeness (QED) is 0.845. The molecule has 0 fully saturated rings. The van der Waals surface area contributed by atoms with Crippen LogP contribution in [0, 0.1) is 0 Å². The number of nitrogens with two attached hydrogens (primary N) is 1. The summed E-state index contributed by atoms with van der Waals surface area (Å²) in [6, 6.07) is 9.77. The molecule has 21 heavy (non-hydrogen) atoms. The number of hydrogen-bond donors (Lipinski definition) is 2. The molecule has 0 bridgehead atoms. The Morgan fingerprint density at radius 1 is 1.38 bits per heavy atom. The Morgan fingerprint density at radius 2 is 2.05 bits per heavy atom. The molecule has 0 aliphatic rings. The molecular formula is C15H18BrClN2O2. The van der Waals surface area contributed by atoms with Crippen LogP contribution in [0.25, 0.3) is 0 Å². The SMILES string of the molecule is CC(Cc1ccc(Br)cc1)NC(=O)c1coc(CN)c1.Cl. The molecule has 0 spiro atoms. The third-order valence-electron chi connectivity index (χ3n) is 2.95. The summed E-state index contributed by atoms with van der Waals surface area (Å²) in [6.45, 7) is 2.27. The van der Waals surface area contributed by atoms with Gasteiger partial charge in [-0.25, -0.2) is 0 Å². The zero-order valence-electron chi connectivity index (χ0n) is 11.6. The van der Waals surface area contributed by atoms with Gasteiger partial charge in [0.15, 0.2) is 0 Å². The zero-order valence-corrected chi connectivity index (χ0v) is 14.0. The largest absolute Gasteiger partial charge is 0.467 e. The van der Waals surface area contributed by atoms with Crippen LogP contribution in [-0.2, 0) is 13.0 Å². The van der Waals surface area contributed by atoms with Crippen molar-refractivity contribution >= 4 is 34.2 Å². The lowest BCUT2D eigenvalue weighted by atomic mass is 10.1. The van der Waals surface area contributed by atoms with E-state index in [2.05, 4.69) is 21.2 Å². The van der Waals surface area contributed by atoms with Crippen LogP contribution in [0.1, 0.15) is 28.6 Å². The minimum Gasteiger partial charge on any atom is -0.467 e. The van der Waals surface area contributed by atoms with Crippen LogP contribution in [0.15, 0.2) is 45.5 Å². The number of amides is 1. The molecule has 2 aromatic rings. The second kappa shape index (κ2) is 8.22. The number of nitrogens with one attached hydrogen (secondary N) is 1. The highest BCUT2D eigenvalue weighted by Gasteiger charge is 2.12. The molecule has 2 rings (SSSR count). The van der Waals surface area contributed by atoms with Crippen molar-refractivity contribution in [2.24, 2.45) is 5.73 Å². The van der Waals surface area contributed by atoms with Crippen LogP contribution >= 0.6 is 28.3 Å². The van der Waals surface area contributed by atoms with Gasteiger partial charge in [0.25, 0.3) is 5.91 Å². The lowest BCUT2D eigenvalue weighted by Crippen LogP contribution is -2.33. The number of benzene rings is 1. The van der Waals surface area contributed by atoms with E-state index >= 15 is 0 Å². The van der Waals surface area contributed by atoms with Crippen LogP contribution in [-0.4, -0.2) is 11.9 Å². The second-order valence-corrected chi connectivity index (χ2v) is 5.63. The minimum absolute atomic E-state index is 0. The van der Waals surface area contributed by atoms with Crippen molar-refractivity contribution in [1.29, 1.82) is 0 Å². The second-order valence-electron chi connectivity index (χ2n) is 4.71. The molecule has 4 nitrogen and oxygen atoms in total. The highest BCUT2D eigenvalue weighted by atomic mass is 79.9. The molecule has 0 saturated carbocycles. The number of carbonyl (C=O) groups is 1. The average Bonchev–Trinajstić information content (AvgIpc) is 2.90. The first kappa shape index (κ1) is 17.8. The molecule has 1 atom stereocenters. The number of rotatable bonds is 5. The molecule has 6 heteroatoms. The summed E-state index contributed by atoms with van der Waals surface area (Å²) in [5.41, 5.74) is 7.13. The van der Waals surface area contributed by atoms with E-state index in [1.54, 1.807) is 6.07 Å². The van der Waals surface area contributed by atoms with Crippen LogP contribution in [0.2, 0.25) is 0 Å². The van der Waals surface area contributed by atoms with Crippen LogP contribution in [0.5, 0.6) is 0 Å². The lowest BCUT2D eigenvalue weighted by molar-refractivity contribution is 0.0939. The lowest BCUT2D eigenvalue weighted by Gasteiger charge is -2.13. The Balaban J connectivity index is 0.00000220. The summed E-state index contributed by atoms with van der Waals surface area (Å²) in [6.07, 6.45) is 2.21. The van der Waals surface area contributed by atoms with Gasteiger partial charge in [-0.15, -0.1) is 12.4 Å². The van der Waals surface area contributed by atoms with E-state index in [4.69, 9.17) is 10.2 Å². The smallest absolute Gasteiger partial charge is 0.254 e. The third kappa shape index (κ3) is 5.19. The molecule has 1 unspecified atom stereocenters. The molecule has 0 aliphatic carbocycles. The Kier molecular flexibility index (Phi) is 6.95. The molecule has 3 N–H and O–H groups in total. The van der Waals surface area contributed by atoms with Gasteiger partial charge in [-0.3, -0.25) is 4.79 Å². The molecular weight excluding hydrogens is 356 g/mol. The van der Waals surface area contributed by atoms with E-state index in [0.717, 1.165) is 10.9 Å². The van der Waals surface area contributed by atoms with Crippen molar-refractivity contribution < 1.29 is 9.21 Å². The van der Waals surface area contributed by atoms with Crippen molar-refractivity contribution in [1.82, 2.24) is 5.32 Å². The first-order valence-corrected chi connectivity index (χ1v) is 7.20. The predicted octanol–water partition coefficient (Wildman–Crippen LogP) is 3.28. The van der Waals surface area contributed by atoms with Gasteiger partial charge in [-0.05, 0) is 37.1 Å². The summed E-state index contributed by atoms with van der Waals surface area (Å²) in [5, 5.41) is 2.95. The van der Waals surface area contributed by atoms with Crippen LogP contribution < -0.4 is 11.1 Å². The van der Waals surface area contributed by atoms with Gasteiger partial charge in [-0.2, -0.15) is 0 Å². The fourth-order valence-corrected chi connectivity index (χ4v) is 2.20. The summed E-state index contributed by atoms with van der Waals surface area (Å²) < 4.78 is 6.20. The van der Waals surface area contributed by atoms with Gasteiger partial charge in [0.05, 0.1) is 12.1 Å². The topological polar surface area (TPSA) is 68.3 Å². The van der Waals surface area contributed by atoms with Gasteiger partial charge in [-0.1, -0.05) is 28.1 Å². The molecule has 1 aromatic carbocycles. The Hall–Kier alpha value is -1.30. The maximum atomic E-state index is 12.0. The van der Waals surface area contributed by atoms with E-state index in [1.165, 1.54) is 11.8 Å². The molecule has 0 aliphatic heterocycles. The van der Waals surface area contributed by atoms with Crippen molar-refractivity contribution in [2.75, 3.05) is 0 Å². The Morgan fingerprint density at radius 3 is 2.62 bits per heavy atom. The fourth-order valence-electron chi connectivity index (χ4n) is 1.94. The van der Waals surface area contributed by atoms with Gasteiger partial charge in [0, 0.05) is 10.5 Å². The summed E-state index contributed by atoms with van der Waals surface area (Å²) >= 11 is 3.40. The summed E-state index contributed by atoms with van der Waals surface area (Å²) in [7, 11) is 0. The van der Waals surface area contributed by atoms with Crippen molar-refractivity contribution in [3.63, 3.8) is 0 Å². The van der Waals surface area contributed by atoms with Gasteiger partial charge >= 0.3 is 0 Å². The highest BCUT2D eigenvalue weighted by Crippen LogP contribution is 2.12. The standard InChI is InChI=1S/C15H17BrN2O2.ClH/c1-10(6-11-2-4-13(16)5-3-11)18-15(19)12-7-14(8-17)20-9-12;/h2-5,7,9-10H,6,8,17H2,1H3,(H,18,19);1H. The third-order valence-corrected chi connectivity index (χ3v) is 3.48. The van der Waals surface area contributed by atoms with Crippen molar-refractivity contribution in [2.45, 2.75) is 25.9 Å². The normalized spacial score (nSPS) is 11.6. The van der Waals surface area contributed by atoms with E-state index in [0.29, 0.717) is 17.9 Å². The van der Waals surface area contributed by atoms with Crippen molar-refractivity contribution in [3.05, 3.63) is 58.0 Å². The maximum Gasteiger partial charge on any atom is 0.254 e. The van der Waals surface area contributed by atoms with Crippen LogP contribution in [0.3, 0.4) is 0 Å². The molecule has 114 valence electrons. The highest BCUT2D eigenvalue weighted by molar-refractivity contribution is 9.10. The molecule has 0 radical (unpaired) electrons. The van der Waals surface area contributed by atoms with E-state index in [9.17, 15) is 4.79 Å². The number of hydrogen-bond acceptors (Lipinski definition) is 3. The molecule has 0 saturated heterocycles. The average molecular weight is 374 g/mol. The first-order chi connectivity index (χ1) is 9.58. The maximum absolute atomic E-state index is 12.0. The van der Waals surface area contributed by atoms with Gasteiger partial charge in [0.1, 0.15) is 12.0 Å². The van der Waals surface area contributed by atoms with E-state index in [-0.39, 0.29) is 24.4 Å². The van der Waals surface area contributed by atoms with Gasteiger partial charge < -0.3 is 15.5 Å². The fraction of sp³-hybridized carbons (Fsp3) is 0.267. The Bertz CT molecular complexity index is 584. The summed E-state index contributed by atoms with van der Waals surface area (Å²) in [5.74, 6) is 0.466. The van der Waals surface area contributed by atoms with E-state index in [1.807, 2.05) is 31.2 Å². The molecule has 1 amide bonds. The van der Waals surface area contributed by atoms with Crippen molar-refractivity contribution in [3.8, 4) is 0 Å².